The molecule has 1 atom stereocenters. The van der Waals surface area contributed by atoms with Crippen molar-refractivity contribution in [3.63, 3.8) is 0 Å². The van der Waals surface area contributed by atoms with Crippen LogP contribution in [0.25, 0.3) is 0 Å². The van der Waals surface area contributed by atoms with Crippen molar-refractivity contribution in [2.75, 3.05) is 27.2 Å². The summed E-state index contributed by atoms with van der Waals surface area (Å²) in [7, 11) is 4.13. The number of nitrogens with one attached hydrogen (secondary N) is 1. The molecular formula is C14H26N4. The van der Waals surface area contributed by atoms with Crippen molar-refractivity contribution in [1.29, 1.82) is 0 Å². The molecule has 0 aliphatic carbocycles. The lowest BCUT2D eigenvalue weighted by Gasteiger charge is -2.16. The second-order valence-electron chi connectivity index (χ2n) is 5.06. The monoisotopic (exact) mass is 250 g/mol. The van der Waals surface area contributed by atoms with Crippen LogP contribution in [0, 0.1) is 6.92 Å². The third-order valence-corrected chi connectivity index (χ3v) is 3.02. The van der Waals surface area contributed by atoms with Crippen LogP contribution in [0.2, 0.25) is 0 Å². The van der Waals surface area contributed by atoms with E-state index in [4.69, 9.17) is 0 Å². The number of nitrogens with zero attached hydrogens (tertiary/aromatic N) is 3. The molecule has 4 heteroatoms. The lowest BCUT2D eigenvalue weighted by atomic mass is 10.1. The van der Waals surface area contributed by atoms with Crippen LogP contribution in [0.15, 0.2) is 6.20 Å². The summed E-state index contributed by atoms with van der Waals surface area (Å²) < 4.78 is 0. The van der Waals surface area contributed by atoms with Gasteiger partial charge in [-0.1, -0.05) is 6.92 Å². The standard InChI is InChI=1S/C14H26N4/c1-6-8-15-11(2)13-10-16-14(17-12(13)3)7-9-18(4)5/h10-11,15H,6-9H2,1-5H3. The van der Waals surface area contributed by atoms with Gasteiger partial charge in [0.15, 0.2) is 0 Å². The van der Waals surface area contributed by atoms with E-state index in [-0.39, 0.29) is 0 Å². The molecule has 1 heterocycles. The molecule has 0 saturated heterocycles. The Morgan fingerprint density at radius 3 is 2.67 bits per heavy atom. The van der Waals surface area contributed by atoms with Gasteiger partial charge in [0.2, 0.25) is 0 Å². The first-order valence-electron chi connectivity index (χ1n) is 6.75. The van der Waals surface area contributed by atoms with Crippen LogP contribution >= 0.6 is 0 Å². The summed E-state index contributed by atoms with van der Waals surface area (Å²) in [5.74, 6) is 0.938. The van der Waals surface area contributed by atoms with Crippen LogP contribution in [0.5, 0.6) is 0 Å². The minimum atomic E-state index is 0.327. The van der Waals surface area contributed by atoms with Crippen LogP contribution in [0.1, 0.15) is 43.4 Å². The first kappa shape index (κ1) is 15.1. The molecule has 1 rings (SSSR count). The van der Waals surface area contributed by atoms with Crippen molar-refractivity contribution >= 4 is 0 Å². The lowest BCUT2D eigenvalue weighted by Crippen LogP contribution is -2.21. The molecule has 102 valence electrons. The van der Waals surface area contributed by atoms with E-state index in [9.17, 15) is 0 Å². The van der Waals surface area contributed by atoms with Gasteiger partial charge in [-0.05, 0) is 40.9 Å². The molecule has 0 fully saturated rings. The van der Waals surface area contributed by atoms with Crippen LogP contribution in [0.4, 0.5) is 0 Å². The van der Waals surface area contributed by atoms with Gasteiger partial charge in [0, 0.05) is 36.5 Å². The SMILES string of the molecule is CCCNC(C)c1cnc(CCN(C)C)nc1C. The second kappa shape index (κ2) is 7.44. The smallest absolute Gasteiger partial charge is 0.129 e. The van der Waals surface area contributed by atoms with E-state index >= 15 is 0 Å². The van der Waals surface area contributed by atoms with Crippen molar-refractivity contribution in [3.05, 3.63) is 23.3 Å². The van der Waals surface area contributed by atoms with Crippen molar-refractivity contribution in [1.82, 2.24) is 20.2 Å². The minimum absolute atomic E-state index is 0.327. The summed E-state index contributed by atoms with van der Waals surface area (Å²) in [5, 5.41) is 3.47. The topological polar surface area (TPSA) is 41.1 Å². The van der Waals surface area contributed by atoms with Gasteiger partial charge >= 0.3 is 0 Å². The fourth-order valence-electron chi connectivity index (χ4n) is 1.86. The molecule has 0 aliphatic heterocycles. The highest BCUT2D eigenvalue weighted by atomic mass is 15.1. The summed E-state index contributed by atoms with van der Waals surface area (Å²) in [4.78, 5) is 11.2. The van der Waals surface area contributed by atoms with Gasteiger partial charge in [-0.2, -0.15) is 0 Å². The van der Waals surface area contributed by atoms with Gasteiger partial charge in [0.25, 0.3) is 0 Å². The predicted octanol–water partition coefficient (Wildman–Crippen LogP) is 1.95. The molecule has 1 unspecified atom stereocenters. The van der Waals surface area contributed by atoms with E-state index in [1.807, 2.05) is 6.20 Å². The number of aromatic nitrogens is 2. The zero-order chi connectivity index (χ0) is 13.5. The Bertz CT molecular complexity index is 363. The third kappa shape index (κ3) is 4.70. The largest absolute Gasteiger partial charge is 0.310 e. The molecule has 0 bridgehead atoms. The maximum Gasteiger partial charge on any atom is 0.129 e. The van der Waals surface area contributed by atoms with Crippen molar-refractivity contribution in [2.24, 2.45) is 0 Å². The van der Waals surface area contributed by atoms with E-state index in [0.29, 0.717) is 6.04 Å². The van der Waals surface area contributed by atoms with Crippen LogP contribution in [-0.4, -0.2) is 42.1 Å². The third-order valence-electron chi connectivity index (χ3n) is 3.02. The zero-order valence-electron chi connectivity index (χ0n) is 12.3. The summed E-state index contributed by atoms with van der Waals surface area (Å²) in [6.45, 7) is 8.43. The Morgan fingerprint density at radius 2 is 2.11 bits per heavy atom. The molecule has 18 heavy (non-hydrogen) atoms. The Morgan fingerprint density at radius 1 is 1.39 bits per heavy atom. The first-order chi connectivity index (χ1) is 8.54. The van der Waals surface area contributed by atoms with Crippen LogP contribution in [-0.2, 0) is 6.42 Å². The van der Waals surface area contributed by atoms with Gasteiger partial charge in [-0.25, -0.2) is 9.97 Å². The van der Waals surface area contributed by atoms with Gasteiger partial charge in [0.1, 0.15) is 5.82 Å². The van der Waals surface area contributed by atoms with E-state index in [0.717, 1.165) is 37.4 Å². The van der Waals surface area contributed by atoms with Gasteiger partial charge in [-0.15, -0.1) is 0 Å². The minimum Gasteiger partial charge on any atom is -0.310 e. The number of likely N-dealkylation sites (N-methyl/N-ethyl adjacent to an activating group) is 1. The quantitative estimate of drug-likeness (QED) is 0.803. The fourth-order valence-corrected chi connectivity index (χ4v) is 1.86. The molecule has 0 amide bonds. The highest BCUT2D eigenvalue weighted by Gasteiger charge is 2.10. The van der Waals surface area contributed by atoms with E-state index < -0.39 is 0 Å². The second-order valence-corrected chi connectivity index (χ2v) is 5.06. The molecule has 4 nitrogen and oxygen atoms in total. The highest BCUT2D eigenvalue weighted by Crippen LogP contribution is 2.14. The van der Waals surface area contributed by atoms with E-state index in [1.165, 1.54) is 5.56 Å². The van der Waals surface area contributed by atoms with Crippen LogP contribution in [0.3, 0.4) is 0 Å². The predicted molar refractivity (Wildman–Crippen MR) is 75.7 cm³/mol. The van der Waals surface area contributed by atoms with Crippen molar-refractivity contribution < 1.29 is 0 Å². The number of hydrogen-bond donors (Lipinski definition) is 1. The normalized spacial score (nSPS) is 13.0. The average Bonchev–Trinajstić information content (AvgIpc) is 2.33. The molecule has 1 aromatic heterocycles. The van der Waals surface area contributed by atoms with E-state index in [2.05, 4.69) is 55.1 Å². The summed E-state index contributed by atoms with van der Waals surface area (Å²) in [6, 6.07) is 0.327. The van der Waals surface area contributed by atoms with Gasteiger partial charge < -0.3 is 10.2 Å². The highest BCUT2D eigenvalue weighted by molar-refractivity contribution is 5.20. The number of hydrogen-bond acceptors (Lipinski definition) is 4. The molecule has 0 aliphatic rings. The molecule has 0 radical (unpaired) electrons. The van der Waals surface area contributed by atoms with Gasteiger partial charge in [-0.3, -0.25) is 0 Å². The molecule has 1 N–H and O–H groups in total. The number of aryl methyl sites for hydroxylation is 1. The Labute approximate surface area is 111 Å². The Hall–Kier alpha value is -1.00. The first-order valence-corrected chi connectivity index (χ1v) is 6.75. The van der Waals surface area contributed by atoms with Crippen LogP contribution < -0.4 is 5.32 Å². The molecule has 0 saturated carbocycles. The molecule has 0 aromatic carbocycles. The Kier molecular flexibility index (Phi) is 6.22. The molecule has 0 spiro atoms. The number of rotatable bonds is 7. The Balaban J connectivity index is 2.66. The van der Waals surface area contributed by atoms with Crippen molar-refractivity contribution in [3.8, 4) is 0 Å². The molecular weight excluding hydrogens is 224 g/mol. The van der Waals surface area contributed by atoms with Crippen molar-refractivity contribution in [2.45, 2.75) is 39.7 Å². The lowest BCUT2D eigenvalue weighted by molar-refractivity contribution is 0.409. The van der Waals surface area contributed by atoms with Gasteiger partial charge in [0.05, 0.1) is 0 Å². The molecule has 1 aromatic rings. The summed E-state index contributed by atoms with van der Waals surface area (Å²) >= 11 is 0. The summed E-state index contributed by atoms with van der Waals surface area (Å²) in [5.41, 5.74) is 2.30. The maximum absolute atomic E-state index is 4.60. The fraction of sp³-hybridized carbons (Fsp3) is 0.714. The maximum atomic E-state index is 4.60. The average molecular weight is 250 g/mol. The van der Waals surface area contributed by atoms with E-state index in [1.54, 1.807) is 0 Å². The zero-order valence-corrected chi connectivity index (χ0v) is 12.3. The summed E-state index contributed by atoms with van der Waals surface area (Å²) in [6.07, 6.45) is 4.02.